The number of methoxy groups -OCH3 is 1. The summed E-state index contributed by atoms with van der Waals surface area (Å²) in [6.07, 6.45) is 6.22. The summed E-state index contributed by atoms with van der Waals surface area (Å²) >= 11 is 0. The minimum absolute atomic E-state index is 0.239. The van der Waals surface area contributed by atoms with Gasteiger partial charge in [-0.3, -0.25) is 0 Å². The lowest BCUT2D eigenvalue weighted by Crippen LogP contribution is -1.89. The van der Waals surface area contributed by atoms with Crippen molar-refractivity contribution in [3.63, 3.8) is 0 Å². The quantitative estimate of drug-likeness (QED) is 0.700. The fourth-order valence-electron chi connectivity index (χ4n) is 1.93. The van der Waals surface area contributed by atoms with E-state index < -0.39 is 0 Å². The minimum atomic E-state index is 0.239. The molecule has 1 heteroatoms. The molecule has 2 aromatic carbocycles. The SMILES string of the molecule is C=C[C@H](/C=C\c1ccc(OC)cc1)c1ccccc1. The van der Waals surface area contributed by atoms with Crippen molar-refractivity contribution < 1.29 is 4.74 Å². The highest BCUT2D eigenvalue weighted by Gasteiger charge is 2.01. The molecular formula is C18H18O. The molecule has 0 aliphatic rings. The van der Waals surface area contributed by atoms with Gasteiger partial charge < -0.3 is 4.74 Å². The molecule has 0 radical (unpaired) electrons. The Morgan fingerprint density at radius 2 is 1.68 bits per heavy atom. The monoisotopic (exact) mass is 250 g/mol. The van der Waals surface area contributed by atoms with E-state index in [4.69, 9.17) is 4.74 Å². The number of rotatable bonds is 5. The van der Waals surface area contributed by atoms with Crippen molar-refractivity contribution in [2.24, 2.45) is 0 Å². The van der Waals surface area contributed by atoms with Gasteiger partial charge in [-0.1, -0.05) is 60.7 Å². The van der Waals surface area contributed by atoms with E-state index in [1.807, 2.05) is 48.5 Å². The zero-order valence-corrected chi connectivity index (χ0v) is 11.1. The number of hydrogen-bond acceptors (Lipinski definition) is 1. The van der Waals surface area contributed by atoms with E-state index in [0.29, 0.717) is 0 Å². The summed E-state index contributed by atoms with van der Waals surface area (Å²) in [6.45, 7) is 3.91. The molecule has 1 nitrogen and oxygen atoms in total. The highest BCUT2D eigenvalue weighted by Crippen LogP contribution is 2.20. The summed E-state index contributed by atoms with van der Waals surface area (Å²) in [7, 11) is 1.67. The van der Waals surface area contributed by atoms with E-state index >= 15 is 0 Å². The summed E-state index contributed by atoms with van der Waals surface area (Å²) < 4.78 is 5.14. The molecule has 1 atom stereocenters. The van der Waals surface area contributed by atoms with Gasteiger partial charge in [-0.15, -0.1) is 6.58 Å². The van der Waals surface area contributed by atoms with E-state index in [1.54, 1.807) is 7.11 Å². The van der Waals surface area contributed by atoms with Gasteiger partial charge in [0.2, 0.25) is 0 Å². The van der Waals surface area contributed by atoms with Crippen LogP contribution in [-0.4, -0.2) is 7.11 Å². The van der Waals surface area contributed by atoms with Crippen LogP contribution in [0.15, 0.2) is 73.3 Å². The van der Waals surface area contributed by atoms with Crippen molar-refractivity contribution in [3.05, 3.63) is 84.5 Å². The molecule has 0 aromatic heterocycles. The molecular weight excluding hydrogens is 232 g/mol. The van der Waals surface area contributed by atoms with Crippen molar-refractivity contribution in [1.29, 1.82) is 0 Å². The van der Waals surface area contributed by atoms with E-state index in [1.165, 1.54) is 5.56 Å². The van der Waals surface area contributed by atoms with Crippen molar-refractivity contribution in [3.8, 4) is 5.75 Å². The molecule has 0 spiro atoms. The highest BCUT2D eigenvalue weighted by molar-refractivity contribution is 5.52. The molecule has 0 amide bonds. The van der Waals surface area contributed by atoms with Gasteiger partial charge in [0.15, 0.2) is 0 Å². The predicted octanol–water partition coefficient (Wildman–Crippen LogP) is 4.68. The maximum Gasteiger partial charge on any atom is 0.118 e. The normalized spacial score (nSPS) is 12.3. The molecule has 0 fully saturated rings. The Kier molecular flexibility index (Phi) is 4.57. The largest absolute Gasteiger partial charge is 0.497 e. The standard InChI is InChI=1S/C18H18O/c1-3-16(17-7-5-4-6-8-17)12-9-15-10-13-18(19-2)14-11-15/h3-14,16H,1H2,2H3/b12-9-/t16-/m1/s1. The molecule has 19 heavy (non-hydrogen) atoms. The van der Waals surface area contributed by atoms with Crippen LogP contribution >= 0.6 is 0 Å². The number of ether oxygens (including phenoxy) is 1. The number of hydrogen-bond donors (Lipinski definition) is 0. The molecule has 0 unspecified atom stereocenters. The third-order valence-electron chi connectivity index (χ3n) is 3.05. The van der Waals surface area contributed by atoms with Crippen LogP contribution in [0.25, 0.3) is 6.08 Å². The molecule has 0 heterocycles. The molecule has 0 saturated carbocycles. The lowest BCUT2D eigenvalue weighted by atomic mass is 9.98. The first-order chi connectivity index (χ1) is 9.33. The van der Waals surface area contributed by atoms with Gasteiger partial charge in [-0.2, -0.15) is 0 Å². The van der Waals surface area contributed by atoms with Crippen LogP contribution in [0.4, 0.5) is 0 Å². The molecule has 0 saturated heterocycles. The fourth-order valence-corrected chi connectivity index (χ4v) is 1.93. The zero-order valence-electron chi connectivity index (χ0n) is 11.1. The average molecular weight is 250 g/mol. The second kappa shape index (κ2) is 6.60. The predicted molar refractivity (Wildman–Crippen MR) is 81.4 cm³/mol. The van der Waals surface area contributed by atoms with Crippen molar-refractivity contribution >= 4 is 6.08 Å². The van der Waals surface area contributed by atoms with Crippen LogP contribution in [-0.2, 0) is 0 Å². The third-order valence-corrected chi connectivity index (χ3v) is 3.05. The van der Waals surface area contributed by atoms with Crippen LogP contribution in [0.1, 0.15) is 17.0 Å². The Morgan fingerprint density at radius 3 is 2.26 bits per heavy atom. The van der Waals surface area contributed by atoms with Crippen LogP contribution < -0.4 is 4.74 Å². The summed E-state index contributed by atoms with van der Waals surface area (Å²) in [5.41, 5.74) is 2.41. The van der Waals surface area contributed by atoms with Crippen molar-refractivity contribution in [1.82, 2.24) is 0 Å². The minimum Gasteiger partial charge on any atom is -0.497 e. The topological polar surface area (TPSA) is 9.23 Å². The number of benzene rings is 2. The van der Waals surface area contributed by atoms with E-state index in [0.717, 1.165) is 11.3 Å². The number of allylic oxidation sites excluding steroid dienone is 2. The molecule has 0 aliphatic heterocycles. The lowest BCUT2D eigenvalue weighted by Gasteiger charge is -2.07. The average Bonchev–Trinajstić information content (AvgIpc) is 2.49. The second-order valence-electron chi connectivity index (χ2n) is 4.30. The highest BCUT2D eigenvalue weighted by atomic mass is 16.5. The van der Waals surface area contributed by atoms with Gasteiger partial charge in [-0.25, -0.2) is 0 Å². The molecule has 2 rings (SSSR count). The smallest absolute Gasteiger partial charge is 0.118 e. The first-order valence-corrected chi connectivity index (χ1v) is 6.33. The van der Waals surface area contributed by atoms with Crippen molar-refractivity contribution in [2.75, 3.05) is 7.11 Å². The summed E-state index contributed by atoms with van der Waals surface area (Å²) in [4.78, 5) is 0. The van der Waals surface area contributed by atoms with E-state index in [-0.39, 0.29) is 5.92 Å². The Morgan fingerprint density at radius 1 is 1.00 bits per heavy atom. The second-order valence-corrected chi connectivity index (χ2v) is 4.30. The van der Waals surface area contributed by atoms with Crippen LogP contribution in [0, 0.1) is 0 Å². The van der Waals surface area contributed by atoms with Crippen molar-refractivity contribution in [2.45, 2.75) is 5.92 Å². The van der Waals surface area contributed by atoms with E-state index in [2.05, 4.69) is 30.9 Å². The summed E-state index contributed by atoms with van der Waals surface area (Å²) in [5.74, 6) is 1.11. The summed E-state index contributed by atoms with van der Waals surface area (Å²) in [5, 5.41) is 0. The summed E-state index contributed by atoms with van der Waals surface area (Å²) in [6, 6.07) is 18.4. The molecule has 0 aliphatic carbocycles. The van der Waals surface area contributed by atoms with Crippen LogP contribution in [0.5, 0.6) is 5.75 Å². The first-order valence-electron chi connectivity index (χ1n) is 6.33. The zero-order chi connectivity index (χ0) is 13.5. The van der Waals surface area contributed by atoms with Gasteiger partial charge >= 0.3 is 0 Å². The lowest BCUT2D eigenvalue weighted by molar-refractivity contribution is 0.415. The Balaban J connectivity index is 2.13. The van der Waals surface area contributed by atoms with E-state index in [9.17, 15) is 0 Å². The Labute approximate surface area is 114 Å². The third kappa shape index (κ3) is 3.59. The fraction of sp³-hybridized carbons (Fsp3) is 0.111. The molecule has 0 bridgehead atoms. The Bertz CT molecular complexity index is 538. The molecule has 2 aromatic rings. The van der Waals surface area contributed by atoms with Gasteiger partial charge in [0.05, 0.1) is 7.11 Å². The van der Waals surface area contributed by atoms with Crippen LogP contribution in [0.3, 0.4) is 0 Å². The van der Waals surface area contributed by atoms with Gasteiger partial charge in [-0.05, 0) is 23.3 Å². The van der Waals surface area contributed by atoms with Crippen LogP contribution in [0.2, 0.25) is 0 Å². The first kappa shape index (κ1) is 13.2. The van der Waals surface area contributed by atoms with Gasteiger partial charge in [0.25, 0.3) is 0 Å². The maximum absolute atomic E-state index is 5.14. The Hall–Kier alpha value is -2.28. The maximum atomic E-state index is 5.14. The molecule has 0 N–H and O–H groups in total. The van der Waals surface area contributed by atoms with Gasteiger partial charge in [0.1, 0.15) is 5.75 Å². The van der Waals surface area contributed by atoms with Gasteiger partial charge in [0, 0.05) is 5.92 Å². The molecule has 96 valence electrons.